The van der Waals surface area contributed by atoms with Gasteiger partial charge in [0.2, 0.25) is 6.29 Å². The fraction of sp³-hybridized carbons (Fsp3) is 0.957. The fourth-order valence-electron chi connectivity index (χ4n) is 19.0. The molecule has 0 bridgehead atoms. The first-order valence-corrected chi connectivity index (χ1v) is 37.8. The molecule has 45 atom stereocenters. The molecule has 0 radical (unpaired) electrons. The molecule has 45 unspecified atom stereocenters. The highest BCUT2D eigenvalue weighted by atomic mass is 16.8. The van der Waals surface area contributed by atoms with Gasteiger partial charge in [0.05, 0.1) is 58.3 Å². The zero-order chi connectivity index (χ0) is 78.6. The molecule has 0 aromatic rings. The van der Waals surface area contributed by atoms with Gasteiger partial charge >= 0.3 is 5.97 Å². The van der Waals surface area contributed by atoms with Gasteiger partial charge in [0.1, 0.15) is 165 Å². The van der Waals surface area contributed by atoms with Crippen molar-refractivity contribution in [3.8, 4) is 0 Å². The molecule has 0 spiro atoms. The van der Waals surface area contributed by atoms with Crippen LogP contribution in [0.3, 0.4) is 0 Å². The highest BCUT2D eigenvalue weighted by molar-refractivity contribution is 5.72. The predicted octanol–water partition coefficient (Wildman–Crippen LogP) is -9.10. The molecule has 38 nitrogen and oxygen atoms in total. The van der Waals surface area contributed by atoms with Gasteiger partial charge in [-0.2, -0.15) is 0 Å². The molecular formula is C70H116O38. The Kier molecular flexibility index (Phi) is 29.0. The van der Waals surface area contributed by atoms with Crippen molar-refractivity contribution in [3.63, 3.8) is 0 Å². The molecular weight excluding hydrogens is 1450 g/mol. The first-order valence-electron chi connectivity index (χ1n) is 37.8. The van der Waals surface area contributed by atoms with Crippen molar-refractivity contribution in [3.05, 3.63) is 11.6 Å². The van der Waals surface area contributed by atoms with E-state index in [4.69, 9.17) is 66.3 Å². The van der Waals surface area contributed by atoms with Crippen LogP contribution < -0.4 is 0 Å². The van der Waals surface area contributed by atoms with Gasteiger partial charge in [0.15, 0.2) is 43.8 Å². The third-order valence-corrected chi connectivity index (χ3v) is 25.9. The Morgan fingerprint density at radius 2 is 0.806 bits per heavy atom. The monoisotopic (exact) mass is 1560 g/mol. The van der Waals surface area contributed by atoms with Gasteiger partial charge in [-0.05, 0) is 104 Å². The number of hydrogen-bond donors (Lipinski definition) is 23. The number of hydrogen-bond acceptors (Lipinski definition) is 38. The number of aliphatic hydroxyl groups excluding tert-OH is 23. The Labute approximate surface area is 622 Å². The molecule has 0 aromatic carbocycles. The fourth-order valence-corrected chi connectivity index (χ4v) is 19.0. The summed E-state index contributed by atoms with van der Waals surface area (Å²) in [5.74, 6) is -0.273. The van der Waals surface area contributed by atoms with Crippen molar-refractivity contribution < 1.29 is 189 Å². The molecule has 3 saturated carbocycles. The van der Waals surface area contributed by atoms with Crippen LogP contribution in [0.2, 0.25) is 0 Å². The van der Waals surface area contributed by atoms with Crippen LogP contribution >= 0.6 is 0 Å². The van der Waals surface area contributed by atoms with E-state index in [9.17, 15) is 122 Å². The Bertz CT molecular complexity index is 2880. The molecule has 10 fully saturated rings. The number of esters is 1. The van der Waals surface area contributed by atoms with Crippen LogP contribution in [-0.4, -0.2) is 391 Å². The third-order valence-electron chi connectivity index (χ3n) is 25.9. The smallest absolute Gasteiger partial charge is 0.311 e. The predicted molar refractivity (Wildman–Crippen MR) is 354 cm³/mol. The van der Waals surface area contributed by atoms with Crippen LogP contribution in [0.4, 0.5) is 0 Å². The topological polar surface area (TPSA) is 612 Å². The maximum atomic E-state index is 14.6. The summed E-state index contributed by atoms with van der Waals surface area (Å²) in [6, 6.07) is 0. The summed E-state index contributed by atoms with van der Waals surface area (Å²) in [6.07, 6.45) is -53.8. The number of aliphatic hydroxyl groups is 23. The number of rotatable bonds is 26. The second kappa shape index (κ2) is 36.1. The zero-order valence-corrected chi connectivity index (χ0v) is 60.8. The van der Waals surface area contributed by atoms with Crippen LogP contribution in [0.5, 0.6) is 0 Å². The van der Waals surface area contributed by atoms with Gasteiger partial charge in [-0.25, -0.2) is 0 Å². The number of ether oxygens (including phenoxy) is 14. The van der Waals surface area contributed by atoms with Crippen LogP contribution in [0.1, 0.15) is 98.8 Å². The maximum absolute atomic E-state index is 14.6. The molecule has 7 heterocycles. The molecule has 0 aromatic heterocycles. The Morgan fingerprint density at radius 3 is 1.27 bits per heavy atom. The van der Waals surface area contributed by atoms with E-state index in [2.05, 4.69) is 26.8 Å². The number of carbonyl (C=O) groups is 1. The van der Waals surface area contributed by atoms with Crippen LogP contribution in [0.25, 0.3) is 0 Å². The summed E-state index contributed by atoms with van der Waals surface area (Å²) in [7, 11) is 0. The van der Waals surface area contributed by atoms with E-state index in [1.54, 1.807) is 6.92 Å². The van der Waals surface area contributed by atoms with Crippen LogP contribution in [-0.2, 0) is 71.1 Å². The van der Waals surface area contributed by atoms with E-state index in [1.165, 1.54) is 5.57 Å². The van der Waals surface area contributed by atoms with Crippen molar-refractivity contribution in [1.29, 1.82) is 0 Å². The molecule has 7 aliphatic heterocycles. The van der Waals surface area contributed by atoms with E-state index in [1.807, 2.05) is 6.92 Å². The lowest BCUT2D eigenvalue weighted by molar-refractivity contribution is -0.391. The molecule has 7 saturated heterocycles. The highest BCUT2D eigenvalue weighted by Crippen LogP contribution is 2.68. The van der Waals surface area contributed by atoms with E-state index in [-0.39, 0.29) is 28.8 Å². The lowest BCUT2D eigenvalue weighted by Gasteiger charge is -2.58. The maximum Gasteiger partial charge on any atom is 0.311 e. The second-order valence-electron chi connectivity index (χ2n) is 32.2. The minimum atomic E-state index is -2.27. The van der Waals surface area contributed by atoms with Gasteiger partial charge in [0, 0.05) is 0 Å². The SMILES string of the molecule is CC(CCC(C)C1CCC2C3CC=C4CC(OC5OC(CO)C(O)C(O)C5O)CCC4(C)C3CCC12C)C(C)C(=O)OC1OC(COC2OC(CO)C(OC3OC(CO)C(O)C(O)C3O)C(O)C2O)C(O)C(O)C1OC1OC(CO)C(OC2OC(CO)C(OC3OC(CO)C(O)C(O)C3O)C(O)C2O)C(O)C1O. The average Bonchev–Trinajstić information content (AvgIpc) is 1.42. The van der Waals surface area contributed by atoms with E-state index in [0.29, 0.717) is 42.9 Å². The summed E-state index contributed by atoms with van der Waals surface area (Å²) in [5, 5.41) is 247. The summed E-state index contributed by atoms with van der Waals surface area (Å²) >= 11 is 0. The van der Waals surface area contributed by atoms with Crippen LogP contribution in [0.15, 0.2) is 11.6 Å². The lowest BCUT2D eigenvalue weighted by Crippen LogP contribution is -2.67. The molecule has 108 heavy (non-hydrogen) atoms. The third kappa shape index (κ3) is 17.0. The van der Waals surface area contributed by atoms with Crippen molar-refractivity contribution in [2.24, 2.45) is 52.3 Å². The first kappa shape index (κ1) is 86.6. The minimum Gasteiger partial charge on any atom is -0.432 e. The van der Waals surface area contributed by atoms with Crippen molar-refractivity contribution >= 4 is 5.97 Å². The molecule has 4 aliphatic carbocycles. The van der Waals surface area contributed by atoms with Gasteiger partial charge in [-0.3, -0.25) is 4.79 Å². The van der Waals surface area contributed by atoms with Crippen molar-refractivity contribution in [2.75, 3.05) is 46.2 Å². The molecule has 23 N–H and O–H groups in total. The van der Waals surface area contributed by atoms with Crippen molar-refractivity contribution in [1.82, 2.24) is 0 Å². The van der Waals surface area contributed by atoms with Crippen LogP contribution in [0, 0.1) is 52.3 Å². The number of allylic oxidation sites excluding steroid dienone is 1. The number of fused-ring (bicyclic) bond motifs is 5. The van der Waals surface area contributed by atoms with E-state index < -0.39 is 273 Å². The highest BCUT2D eigenvalue weighted by Gasteiger charge is 2.62. The normalized spacial score (nSPS) is 51.6. The summed E-state index contributed by atoms with van der Waals surface area (Å²) in [6.45, 7) is 4.39. The molecule has 624 valence electrons. The molecule has 38 heteroatoms. The first-order chi connectivity index (χ1) is 51.2. The summed E-state index contributed by atoms with van der Waals surface area (Å²) in [4.78, 5) is 14.6. The second-order valence-corrected chi connectivity index (χ2v) is 32.2. The Balaban J connectivity index is 0.745. The molecule has 0 amide bonds. The molecule has 11 aliphatic rings. The quantitative estimate of drug-likeness (QED) is 0.0282. The Morgan fingerprint density at radius 1 is 0.417 bits per heavy atom. The largest absolute Gasteiger partial charge is 0.432 e. The van der Waals surface area contributed by atoms with E-state index >= 15 is 0 Å². The lowest BCUT2D eigenvalue weighted by atomic mass is 9.47. The Hall–Kier alpha value is -2.23. The average molecular weight is 1570 g/mol. The van der Waals surface area contributed by atoms with Gasteiger partial charge in [-0.1, -0.05) is 52.7 Å². The van der Waals surface area contributed by atoms with Crippen molar-refractivity contribution in [2.45, 2.75) is 320 Å². The van der Waals surface area contributed by atoms with Gasteiger partial charge in [-0.15, -0.1) is 0 Å². The van der Waals surface area contributed by atoms with Gasteiger partial charge < -0.3 is 184 Å². The standard InChI is InChI=1S/C70H116O38/c1-24(6-7-25(2)30-10-11-31-29-9-8-27-16-28(12-14-69(27,4)32(29)13-15-70(30,31)5)96-63-51(88)44(81)40(77)33(17-71)97-63)26(3)61(94)108-68-60(47(84)43(80)39(103-68)23-95-62-54(91)48(85)57(36(20-74)100-62)104-64-52(89)45(82)41(78)34(18-72)98-64)107-67-56(93)50(87)59(38(22-76)102-67)106-66-55(92)49(86)58(37(21-75)101-66)105-65-53(90)46(83)42(79)35(19-73)99-65/h8,24-26,28-60,62-68,71-93H,6-7,9-23H2,1-5H3. The minimum absolute atomic E-state index is 0.0234. The summed E-state index contributed by atoms with van der Waals surface area (Å²) in [5.41, 5.74) is 1.25. The number of carbonyl (C=O) groups excluding carboxylic acids is 1. The van der Waals surface area contributed by atoms with Gasteiger partial charge in [0.25, 0.3) is 0 Å². The zero-order valence-electron chi connectivity index (χ0n) is 60.8. The summed E-state index contributed by atoms with van der Waals surface area (Å²) < 4.78 is 81.2. The van der Waals surface area contributed by atoms with E-state index in [0.717, 1.165) is 44.9 Å². The molecule has 11 rings (SSSR count).